The molecule has 2 aromatic rings. The molecule has 2 heterocycles. The first-order chi connectivity index (χ1) is 16.5. The molecule has 1 atom stereocenters. The van der Waals surface area contributed by atoms with Crippen molar-refractivity contribution in [2.45, 2.75) is 38.6 Å². The molecule has 9 heteroatoms. The molecule has 1 saturated heterocycles. The Balaban J connectivity index is 1.78. The van der Waals surface area contributed by atoms with Gasteiger partial charge in [0.05, 0.1) is 19.9 Å². The summed E-state index contributed by atoms with van der Waals surface area (Å²) in [5.74, 6) is -0.576. The Bertz CT molecular complexity index is 1270. The quantitative estimate of drug-likeness (QED) is 0.484. The van der Waals surface area contributed by atoms with Gasteiger partial charge in [-0.25, -0.2) is 9.69 Å². The molecule has 0 unspecified atom stereocenters. The highest BCUT2D eigenvalue weighted by atomic mass is 35.5. The van der Waals surface area contributed by atoms with Gasteiger partial charge in [0.15, 0.2) is 0 Å². The number of barbiturate groups is 1. The van der Waals surface area contributed by atoms with Gasteiger partial charge in [-0.1, -0.05) is 18.5 Å². The molecular formula is C26H28ClN3O5. The Labute approximate surface area is 209 Å². The largest absolute Gasteiger partial charge is 0.497 e. The number of amides is 4. The molecule has 1 N–H and O–H groups in total. The van der Waals surface area contributed by atoms with E-state index in [1.807, 2.05) is 19.2 Å². The molecule has 2 aliphatic rings. The van der Waals surface area contributed by atoms with Gasteiger partial charge >= 0.3 is 6.03 Å². The summed E-state index contributed by atoms with van der Waals surface area (Å²) in [5.41, 5.74) is 2.56. The van der Waals surface area contributed by atoms with E-state index >= 15 is 0 Å². The first-order valence-electron chi connectivity index (χ1n) is 11.2. The van der Waals surface area contributed by atoms with Crippen LogP contribution in [0.1, 0.15) is 44.2 Å². The van der Waals surface area contributed by atoms with Crippen LogP contribution in [-0.2, 0) is 9.59 Å². The highest BCUT2D eigenvalue weighted by Gasteiger charge is 2.39. The van der Waals surface area contributed by atoms with Crippen molar-refractivity contribution in [1.29, 1.82) is 0 Å². The van der Waals surface area contributed by atoms with E-state index in [0.29, 0.717) is 16.3 Å². The van der Waals surface area contributed by atoms with E-state index in [2.05, 4.69) is 31.0 Å². The molecule has 2 aromatic carbocycles. The zero-order valence-electron chi connectivity index (χ0n) is 20.6. The first-order valence-corrected chi connectivity index (χ1v) is 11.6. The lowest BCUT2D eigenvalue weighted by Crippen LogP contribution is -2.54. The number of rotatable bonds is 4. The fraction of sp³-hybridized carbons (Fsp3) is 0.346. The van der Waals surface area contributed by atoms with Gasteiger partial charge < -0.3 is 14.4 Å². The molecule has 0 aliphatic carbocycles. The molecule has 2 aliphatic heterocycles. The second kappa shape index (κ2) is 8.92. The molecule has 0 radical (unpaired) electrons. The average Bonchev–Trinajstić information content (AvgIpc) is 2.80. The normalized spacial score (nSPS) is 20.6. The SMILES string of the molecule is COc1ccc(N2C(=O)NC(=O)/C(=C\c3cc4c(cc3Cl)N(C)C(C)(C)C[C@H]4C)C2=O)c(OC)c1. The van der Waals surface area contributed by atoms with Gasteiger partial charge in [0.2, 0.25) is 0 Å². The number of carbonyl (C=O) groups excluding carboxylic acids is 3. The van der Waals surface area contributed by atoms with Crippen LogP contribution in [0.5, 0.6) is 11.5 Å². The Morgan fingerprint density at radius 2 is 1.80 bits per heavy atom. The van der Waals surface area contributed by atoms with Gasteiger partial charge in [-0.15, -0.1) is 0 Å². The standard InChI is InChI=1S/C26H28ClN3O5/c1-14-13-26(2,3)29(4)21-12-19(27)15(9-17(14)21)10-18-23(31)28-25(33)30(24(18)32)20-8-7-16(34-5)11-22(20)35-6/h7-12,14H,13H2,1-6H3,(H,28,31,33)/b18-10+/t14-/m1/s1. The third kappa shape index (κ3) is 4.23. The van der Waals surface area contributed by atoms with Crippen molar-refractivity contribution in [1.82, 2.24) is 5.32 Å². The molecule has 8 nitrogen and oxygen atoms in total. The van der Waals surface area contributed by atoms with Gasteiger partial charge in [-0.05, 0) is 67.7 Å². The number of ether oxygens (including phenoxy) is 2. The number of benzene rings is 2. The maximum absolute atomic E-state index is 13.4. The molecule has 0 saturated carbocycles. The second-order valence-electron chi connectivity index (χ2n) is 9.40. The molecule has 184 valence electrons. The minimum absolute atomic E-state index is 0.0345. The molecule has 0 spiro atoms. The van der Waals surface area contributed by atoms with Crippen LogP contribution >= 0.6 is 11.6 Å². The first kappa shape index (κ1) is 24.6. The lowest BCUT2D eigenvalue weighted by atomic mass is 9.80. The monoisotopic (exact) mass is 497 g/mol. The maximum Gasteiger partial charge on any atom is 0.336 e. The topological polar surface area (TPSA) is 88.2 Å². The minimum atomic E-state index is -0.866. The molecular weight excluding hydrogens is 470 g/mol. The Hall–Kier alpha value is -3.52. The molecule has 4 rings (SSSR count). The third-order valence-electron chi connectivity index (χ3n) is 6.78. The van der Waals surface area contributed by atoms with Gasteiger partial charge in [0, 0.05) is 29.4 Å². The summed E-state index contributed by atoms with van der Waals surface area (Å²) in [6.45, 7) is 6.51. The van der Waals surface area contributed by atoms with Crippen LogP contribution in [0.15, 0.2) is 35.9 Å². The van der Waals surface area contributed by atoms with Gasteiger partial charge in [0.25, 0.3) is 11.8 Å². The lowest BCUT2D eigenvalue weighted by Gasteiger charge is -2.45. The van der Waals surface area contributed by atoms with Crippen LogP contribution in [0.3, 0.4) is 0 Å². The van der Waals surface area contributed by atoms with Crippen molar-refractivity contribution in [2.75, 3.05) is 31.1 Å². The van der Waals surface area contributed by atoms with Gasteiger partial charge in [-0.2, -0.15) is 0 Å². The summed E-state index contributed by atoms with van der Waals surface area (Å²) in [7, 11) is 4.94. The summed E-state index contributed by atoms with van der Waals surface area (Å²) >= 11 is 6.62. The third-order valence-corrected chi connectivity index (χ3v) is 7.11. The highest BCUT2D eigenvalue weighted by molar-refractivity contribution is 6.40. The molecule has 0 bridgehead atoms. The summed E-state index contributed by atoms with van der Waals surface area (Å²) in [6, 6.07) is 7.58. The number of nitrogens with zero attached hydrogens (tertiary/aromatic N) is 2. The summed E-state index contributed by atoms with van der Waals surface area (Å²) in [6.07, 6.45) is 2.37. The fourth-order valence-corrected chi connectivity index (χ4v) is 4.93. The van der Waals surface area contributed by atoms with Gasteiger partial charge in [0.1, 0.15) is 17.1 Å². The molecule has 35 heavy (non-hydrogen) atoms. The minimum Gasteiger partial charge on any atom is -0.497 e. The smallest absolute Gasteiger partial charge is 0.336 e. The number of fused-ring (bicyclic) bond motifs is 1. The van der Waals surface area contributed by atoms with E-state index in [1.54, 1.807) is 12.1 Å². The van der Waals surface area contributed by atoms with E-state index in [-0.39, 0.29) is 28.5 Å². The van der Waals surface area contributed by atoms with Crippen molar-refractivity contribution in [2.24, 2.45) is 0 Å². The average molecular weight is 498 g/mol. The molecule has 4 amide bonds. The predicted octanol–water partition coefficient (Wildman–Crippen LogP) is 4.75. The van der Waals surface area contributed by atoms with Crippen LogP contribution in [0.4, 0.5) is 16.2 Å². The van der Waals surface area contributed by atoms with Crippen molar-refractivity contribution >= 4 is 46.9 Å². The number of carbonyl (C=O) groups is 3. The summed E-state index contributed by atoms with van der Waals surface area (Å²) < 4.78 is 10.5. The van der Waals surface area contributed by atoms with Gasteiger partial charge in [-0.3, -0.25) is 14.9 Å². The van der Waals surface area contributed by atoms with E-state index < -0.39 is 17.8 Å². The zero-order valence-corrected chi connectivity index (χ0v) is 21.3. The van der Waals surface area contributed by atoms with Crippen molar-refractivity contribution in [3.05, 3.63) is 52.1 Å². The number of anilines is 2. The zero-order chi connectivity index (χ0) is 25.7. The van der Waals surface area contributed by atoms with E-state index in [9.17, 15) is 14.4 Å². The Morgan fingerprint density at radius 3 is 2.46 bits per heavy atom. The number of nitrogens with one attached hydrogen (secondary N) is 1. The van der Waals surface area contributed by atoms with Crippen molar-refractivity contribution < 1.29 is 23.9 Å². The van der Waals surface area contributed by atoms with E-state index in [0.717, 1.165) is 22.6 Å². The fourth-order valence-electron chi connectivity index (χ4n) is 4.72. The molecule has 1 fully saturated rings. The second-order valence-corrected chi connectivity index (χ2v) is 9.81. The van der Waals surface area contributed by atoms with Crippen LogP contribution in [-0.4, -0.2) is 44.7 Å². The number of halogens is 1. The van der Waals surface area contributed by atoms with Crippen LogP contribution in [0.25, 0.3) is 6.08 Å². The number of urea groups is 1. The van der Waals surface area contributed by atoms with Crippen LogP contribution < -0.4 is 24.6 Å². The summed E-state index contributed by atoms with van der Waals surface area (Å²) in [4.78, 5) is 41.8. The number of methoxy groups -OCH3 is 2. The van der Waals surface area contributed by atoms with E-state index in [4.69, 9.17) is 21.1 Å². The predicted molar refractivity (Wildman–Crippen MR) is 136 cm³/mol. The number of imide groups is 2. The van der Waals surface area contributed by atoms with Crippen LogP contribution in [0, 0.1) is 0 Å². The number of hydrogen-bond donors (Lipinski definition) is 1. The number of hydrogen-bond acceptors (Lipinski definition) is 6. The Morgan fingerprint density at radius 1 is 1.09 bits per heavy atom. The van der Waals surface area contributed by atoms with Crippen LogP contribution in [0.2, 0.25) is 5.02 Å². The highest BCUT2D eigenvalue weighted by Crippen LogP contribution is 2.44. The lowest BCUT2D eigenvalue weighted by molar-refractivity contribution is -0.122. The maximum atomic E-state index is 13.4. The molecule has 0 aromatic heterocycles. The van der Waals surface area contributed by atoms with Crippen molar-refractivity contribution in [3.8, 4) is 11.5 Å². The van der Waals surface area contributed by atoms with E-state index in [1.165, 1.54) is 26.4 Å². The van der Waals surface area contributed by atoms with Crippen molar-refractivity contribution in [3.63, 3.8) is 0 Å². The Kier molecular flexibility index (Phi) is 6.27. The summed E-state index contributed by atoms with van der Waals surface area (Å²) in [5, 5.41) is 2.64.